The molecule has 0 heterocycles. The lowest BCUT2D eigenvalue weighted by Crippen LogP contribution is -2.30. The van der Waals surface area contributed by atoms with Crippen LogP contribution < -0.4 is 0 Å². The number of hydrogen-bond donors (Lipinski definition) is 3. The predicted octanol–water partition coefficient (Wildman–Crippen LogP) is 20.7. The van der Waals surface area contributed by atoms with Gasteiger partial charge in [0.05, 0.1) is 26.4 Å². The van der Waals surface area contributed by atoms with Crippen molar-refractivity contribution in [3.05, 3.63) is 85.1 Å². The van der Waals surface area contributed by atoms with Gasteiger partial charge in [0, 0.05) is 25.7 Å². The lowest BCUT2D eigenvalue weighted by Gasteiger charge is -2.21. The first kappa shape index (κ1) is 90.2. The third-order valence-electron chi connectivity index (χ3n) is 15.3. The Hall–Kier alpha value is -3.76. The number of aliphatic hydroxyl groups excluding tert-OH is 1. The van der Waals surface area contributed by atoms with Crippen LogP contribution in [-0.2, 0) is 65.4 Å². The molecule has 5 atom stereocenters. The number of aliphatic hydroxyl groups is 1. The number of esters is 4. The average Bonchev–Trinajstić information content (AvgIpc) is 1.35. The third kappa shape index (κ3) is 66.8. The first-order valence-electron chi connectivity index (χ1n) is 36.8. The van der Waals surface area contributed by atoms with E-state index in [4.69, 9.17) is 37.0 Å². The fourth-order valence-corrected chi connectivity index (χ4v) is 11.2. The first-order valence-corrected chi connectivity index (χ1v) is 39.8. The number of rotatable bonds is 69. The van der Waals surface area contributed by atoms with E-state index in [0.29, 0.717) is 25.7 Å². The minimum Gasteiger partial charge on any atom is -0.462 e. The van der Waals surface area contributed by atoms with E-state index in [9.17, 15) is 43.2 Å². The Kier molecular flexibility index (Phi) is 65.1. The maximum Gasteiger partial charge on any atom is 0.472 e. The summed E-state index contributed by atoms with van der Waals surface area (Å²) in [5.41, 5.74) is 0. The molecule has 5 unspecified atom stereocenters. The minimum atomic E-state index is -4.97. The molecular formula is C75H132O17P2. The molecule has 0 aromatic heterocycles. The van der Waals surface area contributed by atoms with Gasteiger partial charge in [0.25, 0.3) is 0 Å². The Morgan fingerprint density at radius 2 is 0.585 bits per heavy atom. The molecule has 0 aliphatic heterocycles. The summed E-state index contributed by atoms with van der Waals surface area (Å²) in [7, 11) is -9.95. The number of allylic oxidation sites excluding steroid dienone is 14. The largest absolute Gasteiger partial charge is 0.472 e. The summed E-state index contributed by atoms with van der Waals surface area (Å²) < 4.78 is 68.3. The fraction of sp³-hybridized carbons (Fsp3) is 0.760. The van der Waals surface area contributed by atoms with Gasteiger partial charge in [-0.2, -0.15) is 0 Å². The van der Waals surface area contributed by atoms with Crippen molar-refractivity contribution in [2.75, 3.05) is 39.6 Å². The van der Waals surface area contributed by atoms with Crippen LogP contribution in [-0.4, -0.2) is 96.7 Å². The van der Waals surface area contributed by atoms with Crippen LogP contribution in [0.1, 0.15) is 310 Å². The van der Waals surface area contributed by atoms with Crippen LogP contribution in [0.3, 0.4) is 0 Å². The van der Waals surface area contributed by atoms with Crippen molar-refractivity contribution in [3.8, 4) is 0 Å². The monoisotopic (exact) mass is 1370 g/mol. The lowest BCUT2D eigenvalue weighted by atomic mass is 10.1. The second kappa shape index (κ2) is 67.8. The summed E-state index contributed by atoms with van der Waals surface area (Å²) in [6.07, 6.45) is 67.3. The maximum atomic E-state index is 13.0. The van der Waals surface area contributed by atoms with Crippen molar-refractivity contribution in [1.29, 1.82) is 0 Å². The molecule has 0 rings (SSSR count). The van der Waals surface area contributed by atoms with E-state index in [1.807, 2.05) is 0 Å². The van der Waals surface area contributed by atoms with Crippen molar-refractivity contribution in [2.45, 2.75) is 329 Å². The summed E-state index contributed by atoms with van der Waals surface area (Å²) in [5, 5.41) is 10.6. The smallest absolute Gasteiger partial charge is 0.462 e. The van der Waals surface area contributed by atoms with Gasteiger partial charge in [0.15, 0.2) is 12.2 Å². The molecule has 0 aromatic rings. The molecule has 0 fully saturated rings. The number of unbranched alkanes of at least 4 members (excludes halogenated alkanes) is 29. The molecule has 0 aliphatic rings. The third-order valence-corrected chi connectivity index (χ3v) is 17.2. The van der Waals surface area contributed by atoms with Gasteiger partial charge in [-0.25, -0.2) is 9.13 Å². The molecule has 0 radical (unpaired) electrons. The molecule has 94 heavy (non-hydrogen) atoms. The van der Waals surface area contributed by atoms with Crippen LogP contribution >= 0.6 is 15.6 Å². The normalized spacial score (nSPS) is 14.5. The number of ether oxygens (including phenoxy) is 4. The van der Waals surface area contributed by atoms with Gasteiger partial charge in [-0.15, -0.1) is 0 Å². The zero-order chi connectivity index (χ0) is 69.0. The summed E-state index contributed by atoms with van der Waals surface area (Å²) in [6, 6.07) is 0. The van der Waals surface area contributed by atoms with Gasteiger partial charge in [-0.3, -0.25) is 37.3 Å². The molecule has 0 aromatic carbocycles. The van der Waals surface area contributed by atoms with Crippen LogP contribution in [0.2, 0.25) is 0 Å². The van der Waals surface area contributed by atoms with E-state index < -0.39 is 97.5 Å². The number of carbonyl (C=O) groups excluding carboxylic acids is 4. The van der Waals surface area contributed by atoms with E-state index in [1.165, 1.54) is 51.4 Å². The van der Waals surface area contributed by atoms with E-state index in [0.717, 1.165) is 180 Å². The predicted molar refractivity (Wildman–Crippen MR) is 381 cm³/mol. The standard InChI is InChI=1S/C75H132O17P2/c1-5-9-13-17-21-25-29-32-34-37-40-43-47-51-55-59-72(77)85-65-70(91-74(79)61-57-53-49-45-39-28-24-20-16-12-8-4)67-89-93(81,82)87-63-69(76)64-88-94(83,84)90-68-71(92-75(80)62-58-54-50-46-42-36-31-27-23-19-15-11-7-3)66-86-73(78)60-56-52-48-44-41-38-35-33-30-26-22-18-14-10-6-2/h9,13,15,19-21,24-25,27,31-35,69-71,76H,5-8,10-12,14,16-18,22-23,26,28-30,36-68H2,1-4H3,(H,81,82)(H,83,84)/b13-9-,19-15-,24-20-,25-21-,31-27-,34-32-,35-33-. The van der Waals surface area contributed by atoms with Gasteiger partial charge in [0.1, 0.15) is 19.3 Å². The Bertz CT molecular complexity index is 2120. The van der Waals surface area contributed by atoms with Gasteiger partial charge < -0.3 is 33.8 Å². The van der Waals surface area contributed by atoms with Crippen molar-refractivity contribution in [3.63, 3.8) is 0 Å². The van der Waals surface area contributed by atoms with Crippen molar-refractivity contribution >= 4 is 39.5 Å². The highest BCUT2D eigenvalue weighted by molar-refractivity contribution is 7.47. The van der Waals surface area contributed by atoms with Gasteiger partial charge >= 0.3 is 39.5 Å². The Morgan fingerprint density at radius 1 is 0.309 bits per heavy atom. The zero-order valence-electron chi connectivity index (χ0n) is 59.1. The van der Waals surface area contributed by atoms with Crippen molar-refractivity contribution in [2.24, 2.45) is 0 Å². The first-order chi connectivity index (χ1) is 45.7. The molecule has 19 heteroatoms. The van der Waals surface area contributed by atoms with E-state index in [2.05, 4.69) is 113 Å². The highest BCUT2D eigenvalue weighted by atomic mass is 31.2. The van der Waals surface area contributed by atoms with Crippen molar-refractivity contribution < 1.29 is 80.2 Å². The molecule has 0 aliphatic carbocycles. The Labute approximate surface area is 570 Å². The maximum absolute atomic E-state index is 13.0. The van der Waals surface area contributed by atoms with E-state index >= 15 is 0 Å². The number of carbonyl (C=O) groups is 4. The summed E-state index contributed by atoms with van der Waals surface area (Å²) in [4.78, 5) is 72.7. The minimum absolute atomic E-state index is 0.0782. The van der Waals surface area contributed by atoms with E-state index in [1.54, 1.807) is 0 Å². The highest BCUT2D eigenvalue weighted by Crippen LogP contribution is 2.45. The lowest BCUT2D eigenvalue weighted by molar-refractivity contribution is -0.161. The molecule has 0 saturated heterocycles. The second-order valence-corrected chi connectivity index (χ2v) is 27.4. The van der Waals surface area contributed by atoms with Gasteiger partial charge in [0.2, 0.25) is 0 Å². The van der Waals surface area contributed by atoms with Crippen LogP contribution in [0.25, 0.3) is 0 Å². The SMILES string of the molecule is CC/C=C\C/C=C\C/C=C\CCCCCCCC(=O)OCC(COP(=O)(O)OCC(O)COP(=O)(O)OCC(COC(=O)CCCCCCC/C=C\CCCCCCCC)OC(=O)CCCCCCC/C=C\C/C=C\CCC)OC(=O)CCCCCCC/C=C\CCCC. The quantitative estimate of drug-likeness (QED) is 0.0169. The molecule has 0 spiro atoms. The van der Waals surface area contributed by atoms with Crippen LogP contribution in [0, 0.1) is 0 Å². The zero-order valence-corrected chi connectivity index (χ0v) is 60.9. The van der Waals surface area contributed by atoms with Gasteiger partial charge in [-0.1, -0.05) is 241 Å². The Morgan fingerprint density at radius 3 is 0.936 bits per heavy atom. The highest BCUT2D eigenvalue weighted by Gasteiger charge is 2.30. The molecule has 0 saturated carbocycles. The molecule has 3 N–H and O–H groups in total. The Balaban J connectivity index is 5.33. The number of phosphoric ester groups is 2. The number of hydrogen-bond acceptors (Lipinski definition) is 15. The second-order valence-electron chi connectivity index (χ2n) is 24.5. The van der Waals surface area contributed by atoms with Crippen LogP contribution in [0.5, 0.6) is 0 Å². The summed E-state index contributed by atoms with van der Waals surface area (Å²) >= 11 is 0. The molecular weight excluding hydrogens is 1230 g/mol. The summed E-state index contributed by atoms with van der Waals surface area (Å²) in [6.45, 7) is 4.61. The molecule has 544 valence electrons. The summed E-state index contributed by atoms with van der Waals surface area (Å²) in [5.74, 6) is -2.22. The van der Waals surface area contributed by atoms with Crippen LogP contribution in [0.15, 0.2) is 85.1 Å². The molecule has 0 amide bonds. The van der Waals surface area contributed by atoms with Crippen molar-refractivity contribution in [1.82, 2.24) is 0 Å². The van der Waals surface area contributed by atoms with Crippen LogP contribution in [0.4, 0.5) is 0 Å². The van der Waals surface area contributed by atoms with E-state index in [-0.39, 0.29) is 25.7 Å². The number of phosphoric acid groups is 2. The molecule has 0 bridgehead atoms. The molecule has 17 nitrogen and oxygen atoms in total. The topological polar surface area (TPSA) is 237 Å². The fourth-order valence-electron chi connectivity index (χ4n) is 9.66. The average molecular weight is 1370 g/mol. The van der Waals surface area contributed by atoms with Gasteiger partial charge in [-0.05, 0) is 128 Å².